The summed E-state index contributed by atoms with van der Waals surface area (Å²) in [5.41, 5.74) is 9.41. The van der Waals surface area contributed by atoms with E-state index in [0.717, 1.165) is 23.2 Å². The highest BCUT2D eigenvalue weighted by Crippen LogP contribution is 2.22. The molecule has 0 aliphatic heterocycles. The molecule has 0 saturated heterocycles. The van der Waals surface area contributed by atoms with E-state index in [9.17, 15) is 4.79 Å². The zero-order chi connectivity index (χ0) is 18.4. The maximum Gasteiger partial charge on any atom is 0.253 e. The largest absolute Gasteiger partial charge is 0.378 e. The van der Waals surface area contributed by atoms with Gasteiger partial charge in [-0.15, -0.1) is 24.8 Å². The minimum absolute atomic E-state index is 0. The monoisotopic (exact) mass is 412 g/mol. The number of anilines is 1. The van der Waals surface area contributed by atoms with Crippen LogP contribution in [0.4, 0.5) is 5.69 Å². The summed E-state index contributed by atoms with van der Waals surface area (Å²) >= 11 is 0. The number of hydrogen-bond acceptors (Lipinski definition) is 4. The van der Waals surface area contributed by atoms with Crippen molar-refractivity contribution in [3.63, 3.8) is 0 Å². The minimum atomic E-state index is -0.129. The molecular weight excluding hydrogens is 383 g/mol. The van der Waals surface area contributed by atoms with Crippen molar-refractivity contribution in [1.29, 1.82) is 0 Å². The number of pyridine rings is 1. The van der Waals surface area contributed by atoms with Crippen LogP contribution in [0.2, 0.25) is 0 Å². The Hall–Kier alpha value is -1.82. The van der Waals surface area contributed by atoms with Crippen LogP contribution in [-0.4, -0.2) is 37.6 Å². The van der Waals surface area contributed by atoms with Gasteiger partial charge in [0, 0.05) is 50.3 Å². The lowest BCUT2D eigenvalue weighted by Gasteiger charge is -2.19. The number of amides is 1. The van der Waals surface area contributed by atoms with Crippen LogP contribution in [0, 0.1) is 5.92 Å². The van der Waals surface area contributed by atoms with Crippen molar-refractivity contribution in [3.05, 3.63) is 48.3 Å². The third kappa shape index (κ3) is 7.37. The summed E-state index contributed by atoms with van der Waals surface area (Å²) in [6.07, 6.45) is 4.23. The van der Waals surface area contributed by atoms with E-state index < -0.39 is 0 Å². The molecule has 0 spiro atoms. The quantitative estimate of drug-likeness (QED) is 0.725. The van der Waals surface area contributed by atoms with E-state index >= 15 is 0 Å². The standard InChI is InChI=1S/C20H28N4O.2ClH/c1-14(2)9-18(11-21)23-20(25)17-10-16(12-22-13-17)15-5-7-19(8-6-15)24(3)4;;/h5-8,10,12-14,18H,9,11,21H2,1-4H3,(H,23,25);2*1H. The van der Waals surface area contributed by atoms with Crippen molar-refractivity contribution >= 4 is 36.4 Å². The van der Waals surface area contributed by atoms with Gasteiger partial charge in [-0.1, -0.05) is 26.0 Å². The summed E-state index contributed by atoms with van der Waals surface area (Å²) in [5, 5.41) is 3.01. The number of rotatable bonds is 7. The Balaban J connectivity index is 0.00000338. The molecule has 1 aromatic heterocycles. The topological polar surface area (TPSA) is 71.2 Å². The van der Waals surface area contributed by atoms with Crippen LogP contribution >= 0.6 is 24.8 Å². The van der Waals surface area contributed by atoms with Crippen LogP contribution in [0.25, 0.3) is 11.1 Å². The summed E-state index contributed by atoms with van der Waals surface area (Å²) in [7, 11) is 4.01. The highest BCUT2D eigenvalue weighted by Gasteiger charge is 2.14. The zero-order valence-electron chi connectivity index (χ0n) is 16.3. The summed E-state index contributed by atoms with van der Waals surface area (Å²) in [6, 6.07) is 10.0. The molecule has 0 saturated carbocycles. The van der Waals surface area contributed by atoms with E-state index in [1.165, 1.54) is 0 Å². The van der Waals surface area contributed by atoms with Crippen LogP contribution in [0.5, 0.6) is 0 Å². The smallest absolute Gasteiger partial charge is 0.253 e. The number of nitrogens with one attached hydrogen (secondary N) is 1. The number of carbonyl (C=O) groups excluding carboxylic acids is 1. The molecule has 7 heteroatoms. The Morgan fingerprint density at radius 3 is 2.26 bits per heavy atom. The first-order valence-electron chi connectivity index (χ1n) is 8.64. The van der Waals surface area contributed by atoms with E-state index in [1.807, 2.05) is 37.2 Å². The number of nitrogens with zero attached hydrogens (tertiary/aromatic N) is 2. The third-order valence-corrected chi connectivity index (χ3v) is 4.09. The van der Waals surface area contributed by atoms with E-state index in [1.54, 1.807) is 12.4 Å². The van der Waals surface area contributed by atoms with Gasteiger partial charge in [-0.25, -0.2) is 0 Å². The second-order valence-electron chi connectivity index (χ2n) is 6.94. The molecule has 2 aromatic rings. The summed E-state index contributed by atoms with van der Waals surface area (Å²) in [6.45, 7) is 4.67. The summed E-state index contributed by atoms with van der Waals surface area (Å²) < 4.78 is 0. The van der Waals surface area contributed by atoms with Gasteiger partial charge >= 0.3 is 0 Å². The highest BCUT2D eigenvalue weighted by atomic mass is 35.5. The van der Waals surface area contributed by atoms with Gasteiger partial charge in [0.05, 0.1) is 5.56 Å². The van der Waals surface area contributed by atoms with Gasteiger partial charge in [-0.05, 0) is 36.1 Å². The van der Waals surface area contributed by atoms with Crippen LogP contribution < -0.4 is 16.0 Å². The van der Waals surface area contributed by atoms with E-state index in [0.29, 0.717) is 18.0 Å². The van der Waals surface area contributed by atoms with Gasteiger partial charge in [0.2, 0.25) is 0 Å². The Morgan fingerprint density at radius 2 is 1.74 bits per heavy atom. The molecule has 27 heavy (non-hydrogen) atoms. The number of halogens is 2. The van der Waals surface area contributed by atoms with Crippen molar-refractivity contribution in [3.8, 4) is 11.1 Å². The molecule has 0 bridgehead atoms. The van der Waals surface area contributed by atoms with E-state index in [2.05, 4.69) is 36.3 Å². The average Bonchev–Trinajstić information content (AvgIpc) is 2.60. The van der Waals surface area contributed by atoms with Gasteiger partial charge in [0.25, 0.3) is 5.91 Å². The molecule has 1 heterocycles. The lowest BCUT2D eigenvalue weighted by molar-refractivity contribution is 0.0933. The number of aromatic nitrogens is 1. The molecule has 1 aromatic carbocycles. The van der Waals surface area contributed by atoms with E-state index in [-0.39, 0.29) is 36.8 Å². The fraction of sp³-hybridized carbons (Fsp3) is 0.400. The maximum absolute atomic E-state index is 12.5. The van der Waals surface area contributed by atoms with Gasteiger partial charge in [-0.3, -0.25) is 9.78 Å². The van der Waals surface area contributed by atoms with Gasteiger partial charge in [-0.2, -0.15) is 0 Å². The van der Waals surface area contributed by atoms with Gasteiger partial charge in [0.15, 0.2) is 0 Å². The molecule has 1 amide bonds. The number of carbonyl (C=O) groups is 1. The molecule has 0 aliphatic carbocycles. The average molecular weight is 413 g/mol. The Kier molecular flexibility index (Phi) is 11.0. The predicted molar refractivity (Wildman–Crippen MR) is 118 cm³/mol. The molecular formula is C20H30Cl2N4O. The first-order valence-corrected chi connectivity index (χ1v) is 8.64. The first kappa shape index (κ1) is 25.2. The van der Waals surface area contributed by atoms with Crippen molar-refractivity contribution in [2.45, 2.75) is 26.3 Å². The molecule has 0 fully saturated rings. The van der Waals surface area contributed by atoms with E-state index in [4.69, 9.17) is 5.73 Å². The van der Waals surface area contributed by atoms with Crippen LogP contribution in [0.15, 0.2) is 42.7 Å². The Bertz CT molecular complexity index is 705. The molecule has 150 valence electrons. The first-order chi connectivity index (χ1) is 11.9. The SMILES string of the molecule is CC(C)CC(CN)NC(=O)c1cncc(-c2ccc(N(C)C)cc2)c1.Cl.Cl. The molecule has 1 unspecified atom stereocenters. The fourth-order valence-corrected chi connectivity index (χ4v) is 2.73. The molecule has 1 atom stereocenters. The molecule has 3 N–H and O–H groups in total. The summed E-state index contributed by atoms with van der Waals surface area (Å²) in [4.78, 5) is 18.8. The number of nitrogens with two attached hydrogens (primary N) is 1. The molecule has 0 radical (unpaired) electrons. The van der Waals surface area contributed by atoms with Crippen molar-refractivity contribution < 1.29 is 4.79 Å². The fourth-order valence-electron chi connectivity index (χ4n) is 2.73. The molecule has 2 rings (SSSR count). The zero-order valence-corrected chi connectivity index (χ0v) is 17.9. The number of benzene rings is 1. The van der Waals surface area contributed by atoms with Crippen molar-refractivity contribution in [1.82, 2.24) is 10.3 Å². The van der Waals surface area contributed by atoms with Crippen molar-refractivity contribution in [2.75, 3.05) is 25.5 Å². The Labute approximate surface area is 174 Å². The molecule has 5 nitrogen and oxygen atoms in total. The second-order valence-corrected chi connectivity index (χ2v) is 6.94. The number of hydrogen-bond donors (Lipinski definition) is 2. The Morgan fingerprint density at radius 1 is 1.11 bits per heavy atom. The lowest BCUT2D eigenvalue weighted by atomic mass is 10.0. The predicted octanol–water partition coefficient (Wildman–Crippen LogP) is 3.76. The van der Waals surface area contributed by atoms with Gasteiger partial charge in [0.1, 0.15) is 0 Å². The molecule has 0 aliphatic rings. The second kappa shape index (κ2) is 11.8. The normalized spacial score (nSPS) is 11.2. The third-order valence-electron chi connectivity index (χ3n) is 4.09. The van der Waals surface area contributed by atoms with Crippen LogP contribution in [0.3, 0.4) is 0 Å². The maximum atomic E-state index is 12.5. The van der Waals surface area contributed by atoms with Crippen LogP contribution in [0.1, 0.15) is 30.6 Å². The lowest BCUT2D eigenvalue weighted by Crippen LogP contribution is -2.41. The minimum Gasteiger partial charge on any atom is -0.378 e. The van der Waals surface area contributed by atoms with Crippen molar-refractivity contribution in [2.24, 2.45) is 11.7 Å². The summed E-state index contributed by atoms with van der Waals surface area (Å²) in [5.74, 6) is 0.351. The highest BCUT2D eigenvalue weighted by molar-refractivity contribution is 5.95. The van der Waals surface area contributed by atoms with Crippen LogP contribution in [-0.2, 0) is 0 Å². The van der Waals surface area contributed by atoms with Gasteiger partial charge < -0.3 is 16.0 Å².